The van der Waals surface area contributed by atoms with Crippen molar-refractivity contribution in [1.82, 2.24) is 9.88 Å². The van der Waals surface area contributed by atoms with Gasteiger partial charge in [0.25, 0.3) is 0 Å². The van der Waals surface area contributed by atoms with Gasteiger partial charge in [0.2, 0.25) is 5.91 Å². The van der Waals surface area contributed by atoms with Crippen LogP contribution in [0.3, 0.4) is 0 Å². The maximum absolute atomic E-state index is 12.7. The Morgan fingerprint density at radius 2 is 2.31 bits per heavy atom. The molecule has 1 amide bonds. The quantitative estimate of drug-likeness (QED) is 0.791. The number of thiazole rings is 1. The molecule has 0 spiro atoms. The number of fused-ring (bicyclic) bond motifs is 2. The lowest BCUT2D eigenvalue weighted by Crippen LogP contribution is -2.53. The standard InChI is InChI=1S/C20H31N3O2S/c1-6-9-23(5)18(25)11(2)13-7-8-20(4)10-14-16(22-19(21)26-14)12(3)15(20)17(13)24/h6,11-13,15,17,24H,1,7-10H2,2-5H3,(H2,21,22)/t11-,12+,13-,15+,17-,20+/m0/s1. The van der Waals surface area contributed by atoms with Crippen molar-refractivity contribution in [3.05, 3.63) is 23.2 Å². The first-order valence-corrected chi connectivity index (χ1v) is 10.3. The molecule has 0 bridgehead atoms. The van der Waals surface area contributed by atoms with Gasteiger partial charge in [-0.1, -0.05) is 26.8 Å². The molecule has 2 aliphatic carbocycles. The summed E-state index contributed by atoms with van der Waals surface area (Å²) in [5, 5.41) is 11.9. The Labute approximate surface area is 160 Å². The van der Waals surface area contributed by atoms with Crippen LogP contribution in [0.2, 0.25) is 0 Å². The molecule has 1 aromatic heterocycles. The molecule has 6 atom stereocenters. The van der Waals surface area contributed by atoms with Crippen molar-refractivity contribution in [2.75, 3.05) is 19.3 Å². The average Bonchev–Trinajstić information content (AvgIpc) is 2.93. The Balaban J connectivity index is 1.86. The maximum atomic E-state index is 12.7. The largest absolute Gasteiger partial charge is 0.392 e. The number of aliphatic hydroxyl groups is 1. The van der Waals surface area contributed by atoms with E-state index < -0.39 is 6.10 Å². The molecule has 5 nitrogen and oxygen atoms in total. The summed E-state index contributed by atoms with van der Waals surface area (Å²) in [7, 11) is 1.80. The van der Waals surface area contributed by atoms with E-state index in [1.165, 1.54) is 4.88 Å². The van der Waals surface area contributed by atoms with E-state index in [2.05, 4.69) is 25.4 Å². The second-order valence-corrected chi connectivity index (χ2v) is 9.61. The lowest BCUT2D eigenvalue weighted by Gasteiger charge is -2.53. The summed E-state index contributed by atoms with van der Waals surface area (Å²) < 4.78 is 0. The summed E-state index contributed by atoms with van der Waals surface area (Å²) in [5.74, 6) is 0.125. The van der Waals surface area contributed by atoms with Crippen LogP contribution < -0.4 is 5.73 Å². The van der Waals surface area contributed by atoms with Gasteiger partial charge in [-0.15, -0.1) is 17.9 Å². The number of nitrogen functional groups attached to an aromatic ring is 1. The van der Waals surface area contributed by atoms with Crippen LogP contribution in [0.25, 0.3) is 0 Å². The van der Waals surface area contributed by atoms with Crippen molar-refractivity contribution in [2.24, 2.45) is 23.2 Å². The second kappa shape index (κ2) is 6.97. The van der Waals surface area contributed by atoms with Gasteiger partial charge in [-0.3, -0.25) is 4.79 Å². The zero-order valence-corrected chi connectivity index (χ0v) is 17.1. The predicted molar refractivity (Wildman–Crippen MR) is 106 cm³/mol. The molecule has 0 radical (unpaired) electrons. The van der Waals surface area contributed by atoms with Gasteiger partial charge in [-0.25, -0.2) is 4.98 Å². The van der Waals surface area contributed by atoms with Crippen LogP contribution in [0.4, 0.5) is 5.13 Å². The zero-order chi connectivity index (χ0) is 19.2. The minimum Gasteiger partial charge on any atom is -0.392 e. The lowest BCUT2D eigenvalue weighted by molar-refractivity contribution is -0.143. The highest BCUT2D eigenvalue weighted by atomic mass is 32.1. The van der Waals surface area contributed by atoms with E-state index in [4.69, 9.17) is 5.73 Å². The number of hydrogen-bond donors (Lipinski definition) is 2. The highest BCUT2D eigenvalue weighted by Gasteiger charge is 2.53. The molecule has 26 heavy (non-hydrogen) atoms. The third-order valence-electron chi connectivity index (χ3n) is 6.75. The number of anilines is 1. The first kappa shape index (κ1) is 19.4. The fourth-order valence-electron chi connectivity index (χ4n) is 5.38. The number of nitrogens with zero attached hydrogens (tertiary/aromatic N) is 2. The van der Waals surface area contributed by atoms with Gasteiger partial charge in [-0.05, 0) is 36.5 Å². The molecule has 2 aliphatic rings. The van der Waals surface area contributed by atoms with E-state index in [1.54, 1.807) is 29.4 Å². The normalized spacial score (nSPS) is 34.5. The van der Waals surface area contributed by atoms with Crippen molar-refractivity contribution in [1.29, 1.82) is 0 Å². The molecule has 3 N–H and O–H groups in total. The number of likely N-dealkylation sites (N-methyl/N-ethyl adjacent to an activating group) is 1. The summed E-state index contributed by atoms with van der Waals surface area (Å²) in [5.41, 5.74) is 7.04. The monoisotopic (exact) mass is 377 g/mol. The van der Waals surface area contributed by atoms with E-state index in [0.29, 0.717) is 11.7 Å². The number of nitrogens with two attached hydrogens (primary N) is 1. The minimum atomic E-state index is -0.504. The molecular formula is C20H31N3O2S. The third kappa shape index (κ3) is 3.07. The van der Waals surface area contributed by atoms with Crippen molar-refractivity contribution >= 4 is 22.4 Å². The van der Waals surface area contributed by atoms with Crippen molar-refractivity contribution in [3.8, 4) is 0 Å². The summed E-state index contributed by atoms with van der Waals surface area (Å²) in [6.07, 6.45) is 4.05. The second-order valence-electron chi connectivity index (χ2n) is 8.50. The summed E-state index contributed by atoms with van der Waals surface area (Å²) in [4.78, 5) is 20.3. The number of aliphatic hydroxyl groups excluding tert-OH is 1. The van der Waals surface area contributed by atoms with E-state index >= 15 is 0 Å². The topological polar surface area (TPSA) is 79.5 Å². The fourth-order valence-corrected chi connectivity index (χ4v) is 6.51. The van der Waals surface area contributed by atoms with Gasteiger partial charge < -0.3 is 15.7 Å². The molecule has 0 unspecified atom stereocenters. The van der Waals surface area contributed by atoms with E-state index in [1.807, 2.05) is 6.92 Å². The first-order valence-electron chi connectivity index (χ1n) is 9.48. The first-order chi connectivity index (χ1) is 12.2. The Bertz CT molecular complexity index is 703. The number of aromatic nitrogens is 1. The molecule has 144 valence electrons. The molecule has 0 saturated heterocycles. The Hall–Kier alpha value is -1.40. The molecule has 1 heterocycles. The van der Waals surface area contributed by atoms with Crippen LogP contribution in [-0.4, -0.2) is 40.6 Å². The Morgan fingerprint density at radius 1 is 1.62 bits per heavy atom. The molecular weight excluding hydrogens is 346 g/mol. The van der Waals surface area contributed by atoms with Crippen LogP contribution in [0.15, 0.2) is 12.7 Å². The molecule has 1 fully saturated rings. The van der Waals surface area contributed by atoms with Gasteiger partial charge in [0, 0.05) is 30.3 Å². The van der Waals surface area contributed by atoms with Gasteiger partial charge >= 0.3 is 0 Å². The summed E-state index contributed by atoms with van der Waals surface area (Å²) >= 11 is 1.59. The minimum absolute atomic E-state index is 0.0205. The van der Waals surface area contributed by atoms with Gasteiger partial charge in [-0.2, -0.15) is 0 Å². The Kier molecular flexibility index (Phi) is 5.19. The zero-order valence-electron chi connectivity index (χ0n) is 16.2. The SMILES string of the molecule is C=CCN(C)C(=O)[C@@H](C)[C@@H]1CC[C@]2(C)Cc3sc(N)nc3[C@H](C)[C@@H]2[C@H]1O. The average molecular weight is 378 g/mol. The van der Waals surface area contributed by atoms with Gasteiger partial charge in [0.05, 0.1) is 11.8 Å². The molecule has 1 saturated carbocycles. The predicted octanol–water partition coefficient (Wildman–Crippen LogP) is 3.06. The highest BCUT2D eigenvalue weighted by molar-refractivity contribution is 7.15. The van der Waals surface area contributed by atoms with Crippen LogP contribution in [0.1, 0.15) is 50.1 Å². The number of carbonyl (C=O) groups is 1. The smallest absolute Gasteiger partial charge is 0.225 e. The van der Waals surface area contributed by atoms with Crippen LogP contribution in [-0.2, 0) is 11.2 Å². The molecule has 0 aliphatic heterocycles. The van der Waals surface area contributed by atoms with Crippen molar-refractivity contribution in [3.63, 3.8) is 0 Å². The number of hydrogen-bond acceptors (Lipinski definition) is 5. The Morgan fingerprint density at radius 3 is 2.96 bits per heavy atom. The van der Waals surface area contributed by atoms with Crippen molar-refractivity contribution < 1.29 is 9.90 Å². The third-order valence-corrected chi connectivity index (χ3v) is 7.65. The molecule has 6 heteroatoms. The number of carbonyl (C=O) groups excluding carboxylic acids is 1. The number of amides is 1. The fraction of sp³-hybridized carbons (Fsp3) is 0.700. The van der Waals surface area contributed by atoms with E-state index in [0.717, 1.165) is 25.0 Å². The summed E-state index contributed by atoms with van der Waals surface area (Å²) in [6, 6.07) is 0. The van der Waals surface area contributed by atoms with Crippen LogP contribution in [0, 0.1) is 23.2 Å². The number of rotatable bonds is 4. The van der Waals surface area contributed by atoms with Crippen molar-refractivity contribution in [2.45, 2.75) is 52.1 Å². The van der Waals surface area contributed by atoms with Crippen LogP contribution >= 0.6 is 11.3 Å². The lowest BCUT2D eigenvalue weighted by atomic mass is 9.53. The van der Waals surface area contributed by atoms with Gasteiger partial charge in [0.15, 0.2) is 5.13 Å². The molecule has 3 rings (SSSR count). The summed E-state index contributed by atoms with van der Waals surface area (Å²) in [6.45, 7) is 10.6. The molecule has 1 aromatic rings. The maximum Gasteiger partial charge on any atom is 0.225 e. The van der Waals surface area contributed by atoms with E-state index in [-0.39, 0.29) is 35.0 Å². The highest BCUT2D eigenvalue weighted by Crippen LogP contribution is 2.57. The van der Waals surface area contributed by atoms with Crippen LogP contribution in [0.5, 0.6) is 0 Å². The van der Waals surface area contributed by atoms with E-state index in [9.17, 15) is 9.90 Å². The molecule has 0 aromatic carbocycles. The van der Waals surface area contributed by atoms with Gasteiger partial charge in [0.1, 0.15) is 0 Å².